The summed E-state index contributed by atoms with van der Waals surface area (Å²) in [4.78, 5) is 39.3. The fourth-order valence-electron chi connectivity index (χ4n) is 3.04. The number of Topliss-reactive ketones (excluding diaryl/α,β-unsaturated/α-hetero) is 1. The van der Waals surface area contributed by atoms with E-state index in [1.54, 1.807) is 39.0 Å². The number of halogens is 1. The highest BCUT2D eigenvalue weighted by molar-refractivity contribution is 6.12. The Morgan fingerprint density at radius 3 is 2.59 bits per heavy atom. The SMILES string of the molecule is CCC1Oc2ccccc2C(=O)N(CC(=O)c2ccc(OC(C)C)c(F)c2)C1=O. The van der Waals surface area contributed by atoms with Crippen molar-refractivity contribution in [1.29, 1.82) is 0 Å². The Morgan fingerprint density at radius 2 is 1.93 bits per heavy atom. The normalized spacial score (nSPS) is 16.3. The summed E-state index contributed by atoms with van der Waals surface area (Å²) in [6.07, 6.45) is -0.764. The van der Waals surface area contributed by atoms with Crippen LogP contribution in [-0.2, 0) is 4.79 Å². The highest BCUT2D eigenvalue weighted by Crippen LogP contribution is 2.27. The third-order valence-electron chi connectivity index (χ3n) is 4.46. The van der Waals surface area contributed by atoms with Gasteiger partial charge >= 0.3 is 0 Å². The van der Waals surface area contributed by atoms with Gasteiger partial charge in [-0.1, -0.05) is 19.1 Å². The molecule has 0 radical (unpaired) electrons. The van der Waals surface area contributed by atoms with Gasteiger partial charge in [-0.3, -0.25) is 19.3 Å². The van der Waals surface area contributed by atoms with Crippen molar-refractivity contribution in [2.45, 2.75) is 39.4 Å². The van der Waals surface area contributed by atoms with Crippen LogP contribution in [0.2, 0.25) is 0 Å². The third-order valence-corrected chi connectivity index (χ3v) is 4.46. The molecule has 0 aliphatic carbocycles. The summed E-state index contributed by atoms with van der Waals surface area (Å²) in [6.45, 7) is 4.78. The molecule has 2 aromatic carbocycles. The number of para-hydroxylation sites is 1. The van der Waals surface area contributed by atoms with Crippen LogP contribution in [0, 0.1) is 5.82 Å². The van der Waals surface area contributed by atoms with Crippen LogP contribution in [0.3, 0.4) is 0 Å². The molecular weight excluding hydrogens is 377 g/mol. The van der Waals surface area contributed by atoms with Crippen LogP contribution < -0.4 is 9.47 Å². The molecule has 3 rings (SSSR count). The lowest BCUT2D eigenvalue weighted by atomic mass is 10.1. The Hall–Kier alpha value is -3.22. The Kier molecular flexibility index (Phi) is 5.96. The van der Waals surface area contributed by atoms with Crippen molar-refractivity contribution >= 4 is 17.6 Å². The van der Waals surface area contributed by atoms with Crippen LogP contribution >= 0.6 is 0 Å². The van der Waals surface area contributed by atoms with E-state index in [1.165, 1.54) is 18.2 Å². The fraction of sp³-hybridized carbons (Fsp3) is 0.318. The predicted molar refractivity (Wildman–Crippen MR) is 104 cm³/mol. The number of ketones is 1. The molecule has 0 fully saturated rings. The third kappa shape index (κ3) is 4.29. The Morgan fingerprint density at radius 1 is 1.21 bits per heavy atom. The number of imide groups is 1. The molecule has 2 amide bonds. The first-order chi connectivity index (χ1) is 13.8. The summed E-state index contributed by atoms with van der Waals surface area (Å²) >= 11 is 0. The molecule has 0 aromatic heterocycles. The Balaban J connectivity index is 1.87. The first-order valence-corrected chi connectivity index (χ1v) is 9.42. The second-order valence-electron chi connectivity index (χ2n) is 6.98. The summed E-state index contributed by atoms with van der Waals surface area (Å²) in [5, 5.41) is 0. The minimum absolute atomic E-state index is 0.0341. The topological polar surface area (TPSA) is 72.9 Å². The van der Waals surface area contributed by atoms with E-state index in [-0.39, 0.29) is 23.0 Å². The van der Waals surface area contributed by atoms with E-state index in [9.17, 15) is 18.8 Å². The van der Waals surface area contributed by atoms with Gasteiger partial charge in [-0.2, -0.15) is 0 Å². The quantitative estimate of drug-likeness (QED) is 0.548. The number of ether oxygens (including phenoxy) is 2. The van der Waals surface area contributed by atoms with Crippen molar-refractivity contribution < 1.29 is 28.2 Å². The monoisotopic (exact) mass is 399 g/mol. The summed E-state index contributed by atoms with van der Waals surface area (Å²) in [5.41, 5.74) is 0.252. The smallest absolute Gasteiger partial charge is 0.270 e. The van der Waals surface area contributed by atoms with Crippen molar-refractivity contribution in [2.75, 3.05) is 6.54 Å². The zero-order valence-electron chi connectivity index (χ0n) is 16.5. The van der Waals surface area contributed by atoms with E-state index in [4.69, 9.17) is 9.47 Å². The number of carbonyl (C=O) groups is 3. The van der Waals surface area contributed by atoms with Crippen LogP contribution in [0.25, 0.3) is 0 Å². The molecule has 1 heterocycles. The zero-order valence-corrected chi connectivity index (χ0v) is 16.5. The molecule has 1 aliphatic rings. The average Bonchev–Trinajstić information content (AvgIpc) is 2.79. The molecule has 29 heavy (non-hydrogen) atoms. The van der Waals surface area contributed by atoms with E-state index >= 15 is 0 Å². The zero-order chi connectivity index (χ0) is 21.1. The molecular formula is C22H22FNO5. The molecule has 152 valence electrons. The van der Waals surface area contributed by atoms with Gasteiger partial charge in [-0.05, 0) is 50.6 Å². The number of rotatable bonds is 6. The molecule has 0 saturated heterocycles. The molecule has 0 N–H and O–H groups in total. The molecule has 1 unspecified atom stereocenters. The van der Waals surface area contributed by atoms with E-state index in [0.29, 0.717) is 12.2 Å². The van der Waals surface area contributed by atoms with Gasteiger partial charge in [0.05, 0.1) is 18.2 Å². The second-order valence-corrected chi connectivity index (χ2v) is 6.98. The van der Waals surface area contributed by atoms with Crippen molar-refractivity contribution in [3.05, 3.63) is 59.4 Å². The molecule has 0 spiro atoms. The lowest BCUT2D eigenvalue weighted by Gasteiger charge is -2.21. The van der Waals surface area contributed by atoms with Gasteiger partial charge in [0, 0.05) is 5.56 Å². The minimum Gasteiger partial charge on any atom is -0.488 e. The van der Waals surface area contributed by atoms with Crippen LogP contribution in [0.5, 0.6) is 11.5 Å². The molecule has 0 bridgehead atoms. The maximum absolute atomic E-state index is 14.2. The first-order valence-electron chi connectivity index (χ1n) is 9.42. The lowest BCUT2D eigenvalue weighted by molar-refractivity contribution is -0.135. The Bertz CT molecular complexity index is 956. The van der Waals surface area contributed by atoms with Crippen LogP contribution in [0.1, 0.15) is 47.9 Å². The number of carbonyl (C=O) groups excluding carboxylic acids is 3. The number of amides is 2. The summed E-state index contributed by atoms with van der Waals surface area (Å²) < 4.78 is 25.2. The largest absolute Gasteiger partial charge is 0.488 e. The number of nitrogens with zero attached hydrogens (tertiary/aromatic N) is 1. The summed E-state index contributed by atoms with van der Waals surface area (Å²) in [6, 6.07) is 10.3. The van der Waals surface area contributed by atoms with Crippen LogP contribution in [0.15, 0.2) is 42.5 Å². The molecule has 2 aromatic rings. The number of fused-ring (bicyclic) bond motifs is 1. The molecule has 1 atom stereocenters. The Labute approximate surface area is 168 Å². The van der Waals surface area contributed by atoms with Crippen LogP contribution in [0.4, 0.5) is 4.39 Å². The fourth-order valence-corrected chi connectivity index (χ4v) is 3.04. The molecule has 7 heteroatoms. The average molecular weight is 399 g/mol. The van der Waals surface area contributed by atoms with Crippen LogP contribution in [-0.4, -0.2) is 41.3 Å². The number of hydrogen-bond acceptors (Lipinski definition) is 5. The van der Waals surface area contributed by atoms with Crippen molar-refractivity contribution in [2.24, 2.45) is 0 Å². The maximum atomic E-state index is 14.2. The standard InChI is InChI=1S/C22H22FNO5/c1-4-18-22(27)24(21(26)15-7-5-6-8-19(15)29-18)12-17(25)14-9-10-20(16(23)11-14)28-13(2)3/h5-11,13,18H,4,12H2,1-3H3. The van der Waals surface area contributed by atoms with Gasteiger partial charge < -0.3 is 9.47 Å². The van der Waals surface area contributed by atoms with E-state index in [0.717, 1.165) is 11.0 Å². The van der Waals surface area contributed by atoms with E-state index in [2.05, 4.69) is 0 Å². The van der Waals surface area contributed by atoms with E-state index < -0.39 is 36.1 Å². The predicted octanol–water partition coefficient (Wildman–Crippen LogP) is 3.64. The maximum Gasteiger partial charge on any atom is 0.270 e. The van der Waals surface area contributed by atoms with Gasteiger partial charge in [0.1, 0.15) is 5.75 Å². The van der Waals surface area contributed by atoms with Crippen molar-refractivity contribution in [1.82, 2.24) is 4.90 Å². The molecule has 0 saturated carbocycles. The number of benzene rings is 2. The lowest BCUT2D eigenvalue weighted by Crippen LogP contribution is -2.45. The van der Waals surface area contributed by atoms with Gasteiger partial charge in [-0.15, -0.1) is 0 Å². The van der Waals surface area contributed by atoms with Crippen molar-refractivity contribution in [3.8, 4) is 11.5 Å². The molecule has 6 nitrogen and oxygen atoms in total. The first kappa shape index (κ1) is 20.5. The van der Waals surface area contributed by atoms with E-state index in [1.807, 2.05) is 0 Å². The van der Waals surface area contributed by atoms with Gasteiger partial charge in [0.25, 0.3) is 11.8 Å². The van der Waals surface area contributed by atoms with Gasteiger partial charge in [-0.25, -0.2) is 4.39 Å². The van der Waals surface area contributed by atoms with Crippen molar-refractivity contribution in [3.63, 3.8) is 0 Å². The van der Waals surface area contributed by atoms with Gasteiger partial charge in [0.2, 0.25) is 0 Å². The highest BCUT2D eigenvalue weighted by atomic mass is 19.1. The summed E-state index contributed by atoms with van der Waals surface area (Å²) in [5.74, 6) is -2.12. The second kappa shape index (κ2) is 8.43. The molecule has 1 aliphatic heterocycles. The highest BCUT2D eigenvalue weighted by Gasteiger charge is 2.36. The minimum atomic E-state index is -0.881. The number of hydrogen-bond donors (Lipinski definition) is 0. The summed E-state index contributed by atoms with van der Waals surface area (Å²) in [7, 11) is 0. The van der Waals surface area contributed by atoms with Gasteiger partial charge in [0.15, 0.2) is 23.5 Å².